The van der Waals surface area contributed by atoms with Gasteiger partial charge in [-0.25, -0.2) is 4.79 Å². The molecule has 5 nitrogen and oxygen atoms in total. The summed E-state index contributed by atoms with van der Waals surface area (Å²) in [6.45, 7) is 0.378. The number of hydrogen-bond donors (Lipinski definition) is 3. The summed E-state index contributed by atoms with van der Waals surface area (Å²) in [6, 6.07) is 9.84. The zero-order chi connectivity index (χ0) is 16.5. The molecule has 23 heavy (non-hydrogen) atoms. The SMILES string of the molecule is O=C(O)CCCNC(=O)NC(CC1CCCC1)c1ccccc1. The summed E-state index contributed by atoms with van der Waals surface area (Å²) in [5.74, 6) is -0.164. The molecule has 2 rings (SSSR count). The number of carbonyl (C=O) groups excluding carboxylic acids is 1. The van der Waals surface area contributed by atoms with Crippen molar-refractivity contribution in [1.82, 2.24) is 10.6 Å². The van der Waals surface area contributed by atoms with Crippen LogP contribution in [0.4, 0.5) is 4.79 Å². The molecule has 1 aromatic rings. The summed E-state index contributed by atoms with van der Waals surface area (Å²) in [5.41, 5.74) is 1.13. The lowest BCUT2D eigenvalue weighted by molar-refractivity contribution is -0.137. The van der Waals surface area contributed by atoms with E-state index in [1.807, 2.05) is 30.3 Å². The molecule has 0 heterocycles. The molecule has 0 bridgehead atoms. The van der Waals surface area contributed by atoms with Gasteiger partial charge in [0.1, 0.15) is 0 Å². The summed E-state index contributed by atoms with van der Waals surface area (Å²) < 4.78 is 0. The zero-order valence-corrected chi connectivity index (χ0v) is 13.5. The van der Waals surface area contributed by atoms with E-state index in [2.05, 4.69) is 10.6 Å². The van der Waals surface area contributed by atoms with Crippen LogP contribution in [0.5, 0.6) is 0 Å². The van der Waals surface area contributed by atoms with Gasteiger partial charge in [0.05, 0.1) is 6.04 Å². The molecule has 2 amide bonds. The van der Waals surface area contributed by atoms with E-state index in [1.165, 1.54) is 25.7 Å². The van der Waals surface area contributed by atoms with Crippen molar-refractivity contribution in [2.45, 2.75) is 51.0 Å². The second-order valence-corrected chi connectivity index (χ2v) is 6.25. The maximum atomic E-state index is 12.1. The predicted octanol–water partition coefficient (Wildman–Crippen LogP) is 3.47. The molecule has 3 N–H and O–H groups in total. The molecule has 1 atom stereocenters. The van der Waals surface area contributed by atoms with Gasteiger partial charge >= 0.3 is 12.0 Å². The first-order valence-electron chi connectivity index (χ1n) is 8.46. The Bertz CT molecular complexity index is 498. The van der Waals surface area contributed by atoms with Crippen LogP contribution in [0.1, 0.15) is 56.6 Å². The van der Waals surface area contributed by atoms with E-state index in [4.69, 9.17) is 5.11 Å². The van der Waals surface area contributed by atoms with Crippen molar-refractivity contribution in [3.8, 4) is 0 Å². The Hall–Kier alpha value is -2.04. The van der Waals surface area contributed by atoms with E-state index in [9.17, 15) is 9.59 Å². The van der Waals surface area contributed by atoms with Gasteiger partial charge in [-0.2, -0.15) is 0 Å². The molecule has 1 unspecified atom stereocenters. The maximum absolute atomic E-state index is 12.1. The highest BCUT2D eigenvalue weighted by Gasteiger charge is 2.22. The average molecular weight is 318 g/mol. The van der Waals surface area contributed by atoms with Crippen LogP contribution in [0.25, 0.3) is 0 Å². The van der Waals surface area contributed by atoms with Gasteiger partial charge in [0.15, 0.2) is 0 Å². The lowest BCUT2D eigenvalue weighted by Gasteiger charge is -2.22. The van der Waals surface area contributed by atoms with E-state index in [0.717, 1.165) is 12.0 Å². The number of carboxylic acids is 1. The van der Waals surface area contributed by atoms with Gasteiger partial charge in [-0.15, -0.1) is 0 Å². The molecule has 1 aliphatic rings. The standard InChI is InChI=1S/C18H26N2O3/c21-17(22)11-6-12-19-18(23)20-16(13-14-7-4-5-8-14)15-9-2-1-3-10-15/h1-3,9-10,14,16H,4-8,11-13H2,(H,21,22)(H2,19,20,23). The fraction of sp³-hybridized carbons (Fsp3) is 0.556. The second kappa shape index (κ2) is 9.18. The van der Waals surface area contributed by atoms with Crippen LogP contribution >= 0.6 is 0 Å². The van der Waals surface area contributed by atoms with Gasteiger partial charge in [0.2, 0.25) is 0 Å². The Morgan fingerprint density at radius 2 is 1.87 bits per heavy atom. The number of aliphatic carboxylic acids is 1. The van der Waals surface area contributed by atoms with Gasteiger partial charge in [-0.1, -0.05) is 56.0 Å². The molecule has 126 valence electrons. The number of nitrogens with one attached hydrogen (secondary N) is 2. The highest BCUT2D eigenvalue weighted by molar-refractivity contribution is 5.74. The van der Waals surface area contributed by atoms with Crippen LogP contribution in [0.15, 0.2) is 30.3 Å². The highest BCUT2D eigenvalue weighted by atomic mass is 16.4. The summed E-state index contributed by atoms with van der Waals surface area (Å²) in [4.78, 5) is 22.5. The molecule has 0 spiro atoms. The van der Waals surface area contributed by atoms with Crippen LogP contribution in [0, 0.1) is 5.92 Å². The summed E-state index contributed by atoms with van der Waals surface area (Å²) in [5, 5.41) is 14.4. The van der Waals surface area contributed by atoms with Gasteiger partial charge in [-0.05, 0) is 24.3 Å². The van der Waals surface area contributed by atoms with Gasteiger partial charge < -0.3 is 15.7 Å². The van der Waals surface area contributed by atoms with Crippen LogP contribution in [-0.4, -0.2) is 23.7 Å². The number of carbonyl (C=O) groups is 2. The number of benzene rings is 1. The number of carboxylic acid groups (broad SMARTS) is 1. The lowest BCUT2D eigenvalue weighted by atomic mass is 9.93. The summed E-state index contributed by atoms with van der Waals surface area (Å²) >= 11 is 0. The molecular formula is C18H26N2O3. The molecule has 0 radical (unpaired) electrons. The van der Waals surface area contributed by atoms with Crippen molar-refractivity contribution < 1.29 is 14.7 Å². The molecule has 1 aliphatic carbocycles. The maximum Gasteiger partial charge on any atom is 0.315 e. The van der Waals surface area contributed by atoms with Crippen LogP contribution in [0.2, 0.25) is 0 Å². The first kappa shape index (κ1) is 17.3. The summed E-state index contributed by atoms with van der Waals surface area (Å²) in [6.07, 6.45) is 6.54. The zero-order valence-electron chi connectivity index (χ0n) is 13.5. The fourth-order valence-electron chi connectivity index (χ4n) is 3.19. The quantitative estimate of drug-likeness (QED) is 0.642. The first-order valence-corrected chi connectivity index (χ1v) is 8.46. The van der Waals surface area contributed by atoms with Gasteiger partial charge in [-0.3, -0.25) is 4.79 Å². The van der Waals surface area contributed by atoms with E-state index < -0.39 is 5.97 Å². The van der Waals surface area contributed by atoms with E-state index >= 15 is 0 Å². The molecule has 1 saturated carbocycles. The Balaban J connectivity index is 1.86. The van der Waals surface area contributed by atoms with Gasteiger partial charge in [0, 0.05) is 13.0 Å². The molecule has 0 saturated heterocycles. The molecular weight excluding hydrogens is 292 g/mol. The molecule has 0 aromatic heterocycles. The smallest absolute Gasteiger partial charge is 0.315 e. The summed E-state index contributed by atoms with van der Waals surface area (Å²) in [7, 11) is 0. The lowest BCUT2D eigenvalue weighted by Crippen LogP contribution is -2.39. The second-order valence-electron chi connectivity index (χ2n) is 6.25. The third kappa shape index (κ3) is 6.30. The Kier molecular flexibility index (Phi) is 6.91. The van der Waals surface area contributed by atoms with Crippen molar-refractivity contribution in [1.29, 1.82) is 0 Å². The van der Waals surface area contributed by atoms with Crippen molar-refractivity contribution in [2.24, 2.45) is 5.92 Å². The minimum Gasteiger partial charge on any atom is -0.481 e. The van der Waals surface area contributed by atoms with Crippen LogP contribution in [0.3, 0.4) is 0 Å². The molecule has 0 aliphatic heterocycles. The van der Waals surface area contributed by atoms with Crippen LogP contribution < -0.4 is 10.6 Å². The minimum absolute atomic E-state index is 0.0128. The number of urea groups is 1. The topological polar surface area (TPSA) is 78.4 Å². The minimum atomic E-state index is -0.837. The van der Waals surface area contributed by atoms with Crippen molar-refractivity contribution in [3.63, 3.8) is 0 Å². The number of hydrogen-bond acceptors (Lipinski definition) is 2. The first-order chi connectivity index (χ1) is 11.1. The predicted molar refractivity (Wildman–Crippen MR) is 89.2 cm³/mol. The normalized spacial score (nSPS) is 16.0. The van der Waals surface area contributed by atoms with Crippen LogP contribution in [-0.2, 0) is 4.79 Å². The number of rotatable bonds is 8. The molecule has 1 aromatic carbocycles. The third-order valence-corrected chi connectivity index (χ3v) is 4.40. The highest BCUT2D eigenvalue weighted by Crippen LogP contribution is 2.32. The van der Waals surface area contributed by atoms with Crippen molar-refractivity contribution in [3.05, 3.63) is 35.9 Å². The third-order valence-electron chi connectivity index (χ3n) is 4.40. The Labute approximate surface area is 137 Å². The molecule has 1 fully saturated rings. The molecule has 5 heteroatoms. The van der Waals surface area contributed by atoms with Crippen molar-refractivity contribution in [2.75, 3.05) is 6.54 Å². The fourth-order valence-corrected chi connectivity index (χ4v) is 3.19. The Morgan fingerprint density at radius 1 is 1.17 bits per heavy atom. The Morgan fingerprint density at radius 3 is 2.52 bits per heavy atom. The largest absolute Gasteiger partial charge is 0.481 e. The van der Waals surface area contributed by atoms with Crippen molar-refractivity contribution >= 4 is 12.0 Å². The van der Waals surface area contributed by atoms with Gasteiger partial charge in [0.25, 0.3) is 0 Å². The van der Waals surface area contributed by atoms with E-state index in [1.54, 1.807) is 0 Å². The number of amides is 2. The average Bonchev–Trinajstić information content (AvgIpc) is 3.05. The van der Waals surface area contributed by atoms with E-state index in [0.29, 0.717) is 18.9 Å². The monoisotopic (exact) mass is 318 g/mol. The van der Waals surface area contributed by atoms with E-state index in [-0.39, 0.29) is 18.5 Å².